The number of hydrogen-bond donors (Lipinski definition) is 2. The van der Waals surface area contributed by atoms with E-state index in [1.54, 1.807) is 0 Å². The van der Waals surface area contributed by atoms with Crippen LogP contribution in [-0.2, 0) is 0 Å². The fraction of sp³-hybridized carbons (Fsp3) is 0.556. The van der Waals surface area contributed by atoms with E-state index in [0.29, 0.717) is 24.5 Å². The van der Waals surface area contributed by atoms with Gasteiger partial charge in [-0.2, -0.15) is 0 Å². The molecule has 0 spiro atoms. The van der Waals surface area contributed by atoms with Crippen LogP contribution in [-0.4, -0.2) is 108 Å². The highest BCUT2D eigenvalue weighted by Gasteiger charge is 2.23. The number of nitrogens with zero attached hydrogens (tertiary/aromatic N) is 6. The van der Waals surface area contributed by atoms with Crippen LogP contribution < -0.4 is 10.6 Å². The second kappa shape index (κ2) is 16.2. The van der Waals surface area contributed by atoms with Gasteiger partial charge in [0.25, 0.3) is 11.4 Å². The third kappa shape index (κ3) is 9.92. The normalized spacial score (nSPS) is 16.7. The molecule has 0 amide bonds. The van der Waals surface area contributed by atoms with Crippen LogP contribution in [0.2, 0.25) is 20.1 Å². The summed E-state index contributed by atoms with van der Waals surface area (Å²) in [6.07, 6.45) is 2.82. The molecule has 2 aliphatic heterocycles. The first kappa shape index (κ1) is 33.7. The zero-order valence-corrected chi connectivity index (χ0v) is 26.8. The fourth-order valence-corrected chi connectivity index (χ4v) is 6.01. The number of anilines is 2. The van der Waals surface area contributed by atoms with Crippen LogP contribution in [0.3, 0.4) is 0 Å². The van der Waals surface area contributed by atoms with Crippen LogP contribution in [0, 0.1) is 20.2 Å². The van der Waals surface area contributed by atoms with Crippen LogP contribution in [0.1, 0.15) is 19.3 Å². The second-order valence-electron chi connectivity index (χ2n) is 10.8. The molecule has 2 N–H and O–H groups in total. The van der Waals surface area contributed by atoms with Gasteiger partial charge >= 0.3 is 0 Å². The minimum Gasteiger partial charge on any atom is -0.379 e. The molecule has 236 valence electrons. The smallest absolute Gasteiger partial charge is 0.293 e. The number of hydrogen-bond acceptors (Lipinski definition) is 10. The van der Waals surface area contributed by atoms with Gasteiger partial charge in [-0.15, -0.1) is 0 Å². The molecule has 0 radical (unpaired) electrons. The Labute approximate surface area is 271 Å². The minimum absolute atomic E-state index is 0.0758. The predicted molar refractivity (Wildman–Crippen MR) is 173 cm³/mol. The third-order valence-corrected chi connectivity index (χ3v) is 9.06. The minimum atomic E-state index is -0.460. The maximum atomic E-state index is 11.3. The molecule has 2 heterocycles. The van der Waals surface area contributed by atoms with Gasteiger partial charge in [-0.1, -0.05) is 46.4 Å². The van der Waals surface area contributed by atoms with Crippen molar-refractivity contribution in [2.75, 3.05) is 89.4 Å². The Morgan fingerprint density at radius 1 is 0.581 bits per heavy atom. The number of rotatable bonds is 16. The molecule has 2 fully saturated rings. The quantitative estimate of drug-likeness (QED) is 0.125. The van der Waals surface area contributed by atoms with E-state index in [1.165, 1.54) is 24.3 Å². The Kier molecular flexibility index (Phi) is 12.7. The van der Waals surface area contributed by atoms with Gasteiger partial charge in [0.2, 0.25) is 0 Å². The SMILES string of the molecule is O=[N+]([O-])c1cc(Cl)c(Cl)cc1NCCCN1CCN(CCCN2CCN(CCCNc3cc(Cl)c(Cl)cc3[N+](=O)[O-])C2)C1. The van der Waals surface area contributed by atoms with Gasteiger partial charge in [-0.05, 0) is 31.4 Å². The summed E-state index contributed by atoms with van der Waals surface area (Å²) in [6.45, 7) is 11.1. The molecular weight excluding hydrogens is 642 g/mol. The first-order chi connectivity index (χ1) is 20.6. The van der Waals surface area contributed by atoms with E-state index in [0.717, 1.165) is 85.0 Å². The van der Waals surface area contributed by atoms with Crippen molar-refractivity contribution in [3.8, 4) is 0 Å². The Balaban J connectivity index is 1.06. The molecule has 2 aromatic rings. The second-order valence-corrected chi connectivity index (χ2v) is 12.4. The Morgan fingerprint density at radius 2 is 0.907 bits per heavy atom. The van der Waals surface area contributed by atoms with Crippen LogP contribution in [0.25, 0.3) is 0 Å². The number of nitro groups is 2. The summed E-state index contributed by atoms with van der Waals surface area (Å²) >= 11 is 23.9. The number of halogens is 4. The first-order valence-electron chi connectivity index (χ1n) is 14.2. The molecular formula is C27H36Cl4N8O4. The molecule has 0 aliphatic carbocycles. The van der Waals surface area contributed by atoms with E-state index in [1.807, 2.05) is 0 Å². The molecule has 2 saturated heterocycles. The summed E-state index contributed by atoms with van der Waals surface area (Å²) in [7, 11) is 0. The average Bonchev–Trinajstić information content (AvgIpc) is 3.61. The molecule has 0 unspecified atom stereocenters. The van der Waals surface area contributed by atoms with Crippen molar-refractivity contribution in [2.24, 2.45) is 0 Å². The van der Waals surface area contributed by atoms with Crippen molar-refractivity contribution < 1.29 is 9.85 Å². The molecule has 0 atom stereocenters. The zero-order chi connectivity index (χ0) is 30.9. The number of nitro benzene ring substituents is 2. The lowest BCUT2D eigenvalue weighted by molar-refractivity contribution is -0.384. The largest absolute Gasteiger partial charge is 0.379 e. The van der Waals surface area contributed by atoms with Gasteiger partial charge in [0.1, 0.15) is 11.4 Å². The van der Waals surface area contributed by atoms with Crippen molar-refractivity contribution >= 4 is 69.2 Å². The molecule has 2 aliphatic rings. The van der Waals surface area contributed by atoms with Gasteiger partial charge in [-0.25, -0.2) is 0 Å². The topological polar surface area (TPSA) is 123 Å². The van der Waals surface area contributed by atoms with Crippen molar-refractivity contribution in [3.05, 3.63) is 64.6 Å². The Morgan fingerprint density at radius 3 is 1.26 bits per heavy atom. The highest BCUT2D eigenvalue weighted by atomic mass is 35.5. The first-order valence-corrected chi connectivity index (χ1v) is 15.8. The van der Waals surface area contributed by atoms with E-state index in [4.69, 9.17) is 46.4 Å². The van der Waals surface area contributed by atoms with E-state index in [9.17, 15) is 20.2 Å². The maximum absolute atomic E-state index is 11.3. The van der Waals surface area contributed by atoms with Gasteiger partial charge in [0, 0.05) is 77.6 Å². The third-order valence-electron chi connectivity index (χ3n) is 7.62. The van der Waals surface area contributed by atoms with Crippen molar-refractivity contribution in [1.29, 1.82) is 0 Å². The molecule has 16 heteroatoms. The van der Waals surface area contributed by atoms with Gasteiger partial charge in [0.05, 0.1) is 43.3 Å². The highest BCUT2D eigenvalue weighted by Crippen LogP contribution is 2.35. The van der Waals surface area contributed by atoms with Gasteiger partial charge in [0.15, 0.2) is 0 Å². The molecule has 2 aromatic carbocycles. The highest BCUT2D eigenvalue weighted by molar-refractivity contribution is 6.43. The Hall–Kier alpha value is -2.16. The lowest BCUT2D eigenvalue weighted by atomic mass is 10.2. The van der Waals surface area contributed by atoms with Crippen molar-refractivity contribution in [2.45, 2.75) is 19.3 Å². The van der Waals surface area contributed by atoms with Crippen molar-refractivity contribution in [3.63, 3.8) is 0 Å². The molecule has 12 nitrogen and oxygen atoms in total. The van der Waals surface area contributed by atoms with E-state index in [-0.39, 0.29) is 31.5 Å². The lowest BCUT2D eigenvalue weighted by Crippen LogP contribution is -2.31. The summed E-state index contributed by atoms with van der Waals surface area (Å²) in [5.74, 6) is 0. The average molecular weight is 678 g/mol. The van der Waals surface area contributed by atoms with E-state index < -0.39 is 9.85 Å². The number of nitrogens with one attached hydrogen (secondary N) is 2. The summed E-state index contributed by atoms with van der Waals surface area (Å²) in [5, 5.41) is 29.8. The summed E-state index contributed by atoms with van der Waals surface area (Å²) in [4.78, 5) is 31.5. The van der Waals surface area contributed by atoms with E-state index in [2.05, 4.69) is 30.2 Å². The van der Waals surface area contributed by atoms with Crippen LogP contribution in [0.5, 0.6) is 0 Å². The van der Waals surface area contributed by atoms with Crippen molar-refractivity contribution in [1.82, 2.24) is 19.6 Å². The zero-order valence-electron chi connectivity index (χ0n) is 23.7. The number of benzene rings is 2. The molecule has 0 bridgehead atoms. The van der Waals surface area contributed by atoms with Crippen LogP contribution in [0.15, 0.2) is 24.3 Å². The monoisotopic (exact) mass is 676 g/mol. The lowest BCUT2D eigenvalue weighted by Gasteiger charge is -2.21. The van der Waals surface area contributed by atoms with Crippen LogP contribution >= 0.6 is 46.4 Å². The molecule has 43 heavy (non-hydrogen) atoms. The molecule has 4 rings (SSSR count). The summed E-state index contributed by atoms with van der Waals surface area (Å²) in [5.41, 5.74) is 0.615. The van der Waals surface area contributed by atoms with Gasteiger partial charge < -0.3 is 10.6 Å². The standard InChI is InChI=1S/C27H36Cl4N8O4/c28-20-14-24(26(38(40)41)16-22(20)30)32-4-1-6-34-10-12-36(18-34)8-3-9-37-13-11-35(19-37)7-2-5-33-25-15-21(29)23(31)17-27(25)39(42)43/h14-17,32-33H,1-13,18-19H2. The summed E-state index contributed by atoms with van der Waals surface area (Å²) in [6, 6.07) is 5.57. The van der Waals surface area contributed by atoms with Gasteiger partial charge in [-0.3, -0.25) is 39.8 Å². The molecule has 0 aromatic heterocycles. The van der Waals surface area contributed by atoms with Crippen LogP contribution in [0.4, 0.5) is 22.7 Å². The van der Waals surface area contributed by atoms with E-state index >= 15 is 0 Å². The maximum Gasteiger partial charge on any atom is 0.293 e. The molecule has 0 saturated carbocycles. The Bertz CT molecular complexity index is 1190. The fourth-order valence-electron chi connectivity index (χ4n) is 5.37. The predicted octanol–water partition coefficient (Wildman–Crippen LogP) is 5.96. The summed E-state index contributed by atoms with van der Waals surface area (Å²) < 4.78 is 0.